The minimum Gasteiger partial charge on any atom is -0.497 e. The van der Waals surface area contributed by atoms with E-state index in [4.69, 9.17) is 18.9 Å². The highest BCUT2D eigenvalue weighted by Crippen LogP contribution is 2.24. The molecule has 0 bridgehead atoms. The van der Waals surface area contributed by atoms with E-state index in [2.05, 4.69) is 13.2 Å². The van der Waals surface area contributed by atoms with Crippen LogP contribution < -0.4 is 18.9 Å². The summed E-state index contributed by atoms with van der Waals surface area (Å²) in [5.74, 6) is 2.95. The van der Waals surface area contributed by atoms with E-state index < -0.39 is 30.5 Å². The summed E-state index contributed by atoms with van der Waals surface area (Å²) in [7, 11) is -0.666. The van der Waals surface area contributed by atoms with Crippen molar-refractivity contribution in [2.24, 2.45) is 0 Å². The molecule has 4 aromatic carbocycles. The first-order chi connectivity index (χ1) is 25.9. The number of sulfonamides is 2. The molecular formula is C42H54N2O8S2. The largest absolute Gasteiger partial charge is 0.497 e. The highest BCUT2D eigenvalue weighted by atomic mass is 32.2. The Bertz CT molecular complexity index is 1700. The van der Waals surface area contributed by atoms with Crippen LogP contribution in [0.3, 0.4) is 0 Å². The molecule has 12 heteroatoms. The van der Waals surface area contributed by atoms with Crippen LogP contribution in [0, 0.1) is 0 Å². The van der Waals surface area contributed by atoms with Crippen LogP contribution in [0.2, 0.25) is 0 Å². The number of methoxy groups -OCH3 is 4. The normalized spacial score (nSPS) is 12.6. The molecule has 0 aliphatic rings. The van der Waals surface area contributed by atoms with Crippen molar-refractivity contribution < 1.29 is 35.8 Å². The van der Waals surface area contributed by atoms with Gasteiger partial charge in [0.2, 0.25) is 20.0 Å². The minimum absolute atomic E-state index is 0.280. The Morgan fingerprint density at radius 3 is 0.815 bits per heavy atom. The van der Waals surface area contributed by atoms with Crippen molar-refractivity contribution >= 4 is 20.0 Å². The third-order valence-corrected chi connectivity index (χ3v) is 13.4. The van der Waals surface area contributed by atoms with Gasteiger partial charge in [0.25, 0.3) is 0 Å². The first-order valence-electron chi connectivity index (χ1n) is 17.6. The Balaban J connectivity index is 0.000000290. The van der Waals surface area contributed by atoms with E-state index in [-0.39, 0.29) is 26.2 Å². The maximum absolute atomic E-state index is 13.2. The van der Waals surface area contributed by atoms with Crippen molar-refractivity contribution in [3.63, 3.8) is 0 Å². The van der Waals surface area contributed by atoms with Crippen LogP contribution >= 0.6 is 0 Å². The molecule has 0 fully saturated rings. The average Bonchev–Trinajstić information content (AvgIpc) is 3.19. The summed E-state index contributed by atoms with van der Waals surface area (Å²) in [6.07, 6.45) is 3.97. The first-order valence-corrected chi connectivity index (χ1v) is 20.6. The zero-order valence-electron chi connectivity index (χ0n) is 32.2. The lowest BCUT2D eigenvalue weighted by Crippen LogP contribution is -2.37. The van der Waals surface area contributed by atoms with Gasteiger partial charge in [-0.3, -0.25) is 0 Å². The van der Waals surface area contributed by atoms with Gasteiger partial charge in [0.1, 0.15) is 23.0 Å². The second kappa shape index (κ2) is 21.3. The van der Waals surface area contributed by atoms with Gasteiger partial charge in [0, 0.05) is 26.2 Å². The van der Waals surface area contributed by atoms with Crippen LogP contribution in [-0.2, 0) is 46.2 Å². The van der Waals surface area contributed by atoms with Crippen molar-refractivity contribution in [3.8, 4) is 23.0 Å². The summed E-state index contributed by atoms with van der Waals surface area (Å²) in [6, 6.07) is 29.7. The predicted octanol–water partition coefficient (Wildman–Crippen LogP) is 8.00. The van der Waals surface area contributed by atoms with E-state index in [1.165, 1.54) is 20.8 Å². The maximum Gasteiger partial charge on any atom is 0.221 e. The molecule has 4 rings (SSSR count). The lowest BCUT2D eigenvalue weighted by molar-refractivity contribution is 0.393. The molecule has 0 aliphatic heterocycles. The second-order valence-electron chi connectivity index (χ2n) is 12.4. The van der Waals surface area contributed by atoms with E-state index in [1.807, 2.05) is 111 Å². The molecule has 0 aliphatic carbocycles. The summed E-state index contributed by atoms with van der Waals surface area (Å²) >= 11 is 0. The Hall–Kier alpha value is -4.62. The van der Waals surface area contributed by atoms with Gasteiger partial charge in [-0.25, -0.2) is 16.8 Å². The Morgan fingerprint density at radius 2 is 0.667 bits per heavy atom. The topological polar surface area (TPSA) is 112 Å². The zero-order chi connectivity index (χ0) is 39.7. The van der Waals surface area contributed by atoms with Gasteiger partial charge in [-0.15, -0.1) is 13.2 Å². The summed E-state index contributed by atoms with van der Waals surface area (Å²) < 4.78 is 76.3. The highest BCUT2D eigenvalue weighted by Gasteiger charge is 2.30. The summed E-state index contributed by atoms with van der Waals surface area (Å²) in [5, 5.41) is -1.23. The molecule has 4 aromatic rings. The standard InChI is InChI=1S/2C21H27NO4S/c2*1-5-21(6-2)27(23,24)22(15-17-7-11-19(25-3)12-8-17)16-18-9-13-20(26-4)14-10-18/h2*5,7-14,21H,1,6,15-16H2,2-4H3/t2*21-/m10/s1. The van der Waals surface area contributed by atoms with Crippen molar-refractivity contribution in [1.82, 2.24) is 8.61 Å². The number of hydrogen-bond acceptors (Lipinski definition) is 8. The molecule has 2 atom stereocenters. The lowest BCUT2D eigenvalue weighted by atomic mass is 10.2. The monoisotopic (exact) mass is 778 g/mol. The van der Waals surface area contributed by atoms with Crippen molar-refractivity contribution in [1.29, 1.82) is 0 Å². The molecule has 0 aromatic heterocycles. The third kappa shape index (κ3) is 12.2. The van der Waals surface area contributed by atoms with Gasteiger partial charge in [-0.2, -0.15) is 8.61 Å². The molecule has 10 nitrogen and oxygen atoms in total. The maximum atomic E-state index is 13.2. The Labute approximate surface area is 322 Å². The third-order valence-electron chi connectivity index (χ3n) is 8.89. The van der Waals surface area contributed by atoms with Crippen LogP contribution in [-0.4, -0.2) is 64.4 Å². The molecule has 0 unspecified atom stereocenters. The van der Waals surface area contributed by atoms with Crippen LogP contribution in [0.1, 0.15) is 48.9 Å². The van der Waals surface area contributed by atoms with Gasteiger partial charge >= 0.3 is 0 Å². The van der Waals surface area contributed by atoms with Crippen molar-refractivity contribution in [2.45, 2.75) is 63.4 Å². The Morgan fingerprint density at radius 1 is 0.463 bits per heavy atom. The van der Waals surface area contributed by atoms with Gasteiger partial charge in [-0.05, 0) is 83.6 Å². The van der Waals surface area contributed by atoms with Crippen molar-refractivity contribution in [3.05, 3.63) is 145 Å². The number of nitrogens with zero attached hydrogens (tertiary/aromatic N) is 2. The van der Waals surface area contributed by atoms with Crippen LogP contribution in [0.4, 0.5) is 0 Å². The highest BCUT2D eigenvalue weighted by molar-refractivity contribution is 7.90. The van der Waals surface area contributed by atoms with Crippen molar-refractivity contribution in [2.75, 3.05) is 28.4 Å². The van der Waals surface area contributed by atoms with E-state index in [0.29, 0.717) is 12.8 Å². The summed E-state index contributed by atoms with van der Waals surface area (Å²) in [6.45, 7) is 12.2. The van der Waals surface area contributed by atoms with Gasteiger partial charge in [0.15, 0.2) is 0 Å². The zero-order valence-corrected chi connectivity index (χ0v) is 33.8. The molecule has 0 radical (unpaired) electrons. The summed E-state index contributed by atoms with van der Waals surface area (Å²) in [5.41, 5.74) is 3.58. The van der Waals surface area contributed by atoms with Gasteiger partial charge in [-0.1, -0.05) is 74.5 Å². The van der Waals surface area contributed by atoms with Crippen LogP contribution in [0.25, 0.3) is 0 Å². The fourth-order valence-electron chi connectivity index (χ4n) is 5.59. The molecule has 0 spiro atoms. The lowest BCUT2D eigenvalue weighted by Gasteiger charge is -2.26. The number of benzene rings is 4. The fourth-order valence-corrected chi connectivity index (χ4v) is 9.00. The van der Waals surface area contributed by atoms with Gasteiger partial charge < -0.3 is 18.9 Å². The number of rotatable bonds is 20. The fraction of sp³-hybridized carbons (Fsp3) is 0.333. The molecule has 292 valence electrons. The van der Waals surface area contributed by atoms with Crippen LogP contribution in [0.5, 0.6) is 23.0 Å². The van der Waals surface area contributed by atoms with Gasteiger partial charge in [0.05, 0.1) is 38.9 Å². The molecule has 0 saturated carbocycles. The SMILES string of the molecule is C=C[C@@H](CC)S(=O)(=O)N(Cc1ccc(OC)cc1)Cc1ccc(OC)cc1.C=C[C@H](CC)S(=O)(=O)N(Cc1ccc(OC)cc1)Cc1ccc(OC)cc1. The summed E-state index contributed by atoms with van der Waals surface area (Å²) in [4.78, 5) is 0. The smallest absolute Gasteiger partial charge is 0.221 e. The molecular weight excluding hydrogens is 725 g/mol. The molecule has 54 heavy (non-hydrogen) atoms. The number of hydrogen-bond donors (Lipinski definition) is 0. The quantitative estimate of drug-likeness (QED) is 0.0831. The second-order valence-corrected chi connectivity index (χ2v) is 16.7. The number of ether oxygens (including phenoxy) is 4. The minimum atomic E-state index is -3.54. The Kier molecular flexibility index (Phi) is 17.3. The molecule has 0 heterocycles. The van der Waals surface area contributed by atoms with E-state index in [0.717, 1.165) is 45.3 Å². The van der Waals surface area contributed by atoms with E-state index in [9.17, 15) is 16.8 Å². The molecule has 0 amide bonds. The van der Waals surface area contributed by atoms with E-state index >= 15 is 0 Å². The molecule has 0 saturated heterocycles. The van der Waals surface area contributed by atoms with E-state index in [1.54, 1.807) is 28.4 Å². The molecule has 0 N–H and O–H groups in total. The predicted molar refractivity (Wildman–Crippen MR) is 217 cm³/mol. The van der Waals surface area contributed by atoms with Crippen LogP contribution in [0.15, 0.2) is 122 Å². The average molecular weight is 779 g/mol. The first kappa shape index (κ1) is 43.8.